The number of carbonyl (C=O) groups excluding carboxylic acids is 2. The van der Waals surface area contributed by atoms with Gasteiger partial charge in [-0.1, -0.05) is 29.8 Å². The van der Waals surface area contributed by atoms with Crippen molar-refractivity contribution in [3.63, 3.8) is 0 Å². The van der Waals surface area contributed by atoms with Crippen molar-refractivity contribution < 1.29 is 27.2 Å². The smallest absolute Gasteiger partial charge is 0.418 e. The second kappa shape index (κ2) is 8.86. The quantitative estimate of drug-likeness (QED) is 0.623. The maximum absolute atomic E-state index is 13.2. The number of halogens is 3. The molecule has 2 amide bonds. The number of anilines is 1. The van der Waals surface area contributed by atoms with Gasteiger partial charge in [0.2, 0.25) is 5.91 Å². The average molecular weight is 416 g/mol. The highest BCUT2D eigenvalue weighted by Gasteiger charge is 2.33. The summed E-state index contributed by atoms with van der Waals surface area (Å²) in [5.41, 5.74) is -0.0932. The summed E-state index contributed by atoms with van der Waals surface area (Å²) in [6.07, 6.45) is -3.18. The SMILES string of the molecule is Cc1cccc(C(=O)N(CC(=O)Nc2ccccc2C(F)(F)F)Cc2ccco2)c1. The summed E-state index contributed by atoms with van der Waals surface area (Å²) >= 11 is 0. The van der Waals surface area contributed by atoms with Crippen molar-refractivity contribution in [3.8, 4) is 0 Å². The first-order valence-electron chi connectivity index (χ1n) is 9.08. The maximum atomic E-state index is 13.2. The first kappa shape index (κ1) is 21.2. The van der Waals surface area contributed by atoms with E-state index in [0.717, 1.165) is 11.6 Å². The third-order valence-corrected chi connectivity index (χ3v) is 4.32. The minimum absolute atomic E-state index is 0.00584. The van der Waals surface area contributed by atoms with Gasteiger partial charge in [0, 0.05) is 5.56 Å². The van der Waals surface area contributed by atoms with Crippen LogP contribution in [0.1, 0.15) is 27.2 Å². The molecule has 0 unspecified atom stereocenters. The normalized spacial score (nSPS) is 11.2. The molecule has 1 N–H and O–H groups in total. The van der Waals surface area contributed by atoms with Gasteiger partial charge < -0.3 is 14.6 Å². The van der Waals surface area contributed by atoms with Crippen LogP contribution in [0.3, 0.4) is 0 Å². The largest absolute Gasteiger partial charge is 0.467 e. The summed E-state index contributed by atoms with van der Waals surface area (Å²) in [5.74, 6) is -0.742. The van der Waals surface area contributed by atoms with E-state index < -0.39 is 30.1 Å². The summed E-state index contributed by atoms with van der Waals surface area (Å²) in [7, 11) is 0. The Labute approximate surface area is 171 Å². The van der Waals surface area contributed by atoms with Gasteiger partial charge >= 0.3 is 6.18 Å². The zero-order chi connectivity index (χ0) is 21.7. The summed E-state index contributed by atoms with van der Waals surface area (Å²) < 4.78 is 44.8. The molecule has 156 valence electrons. The topological polar surface area (TPSA) is 62.6 Å². The molecule has 0 aliphatic carbocycles. The van der Waals surface area contributed by atoms with Crippen LogP contribution in [0.5, 0.6) is 0 Å². The molecule has 0 saturated carbocycles. The molecule has 30 heavy (non-hydrogen) atoms. The van der Waals surface area contributed by atoms with E-state index in [4.69, 9.17) is 4.42 Å². The third kappa shape index (κ3) is 5.28. The minimum atomic E-state index is -4.62. The van der Waals surface area contributed by atoms with E-state index in [2.05, 4.69) is 5.32 Å². The number of para-hydroxylation sites is 1. The highest BCUT2D eigenvalue weighted by Crippen LogP contribution is 2.34. The Balaban J connectivity index is 1.81. The molecule has 0 aliphatic heterocycles. The number of carbonyl (C=O) groups is 2. The van der Waals surface area contributed by atoms with E-state index in [1.807, 2.05) is 13.0 Å². The second-order valence-electron chi connectivity index (χ2n) is 6.70. The number of amides is 2. The Hall–Kier alpha value is -3.55. The number of alkyl halides is 3. The molecule has 1 aromatic heterocycles. The molecule has 0 aliphatic rings. The van der Waals surface area contributed by atoms with Crippen molar-refractivity contribution in [2.24, 2.45) is 0 Å². The predicted octanol–water partition coefficient (Wildman–Crippen LogP) is 4.89. The van der Waals surface area contributed by atoms with Gasteiger partial charge in [-0.05, 0) is 43.3 Å². The van der Waals surface area contributed by atoms with E-state index in [-0.39, 0.29) is 12.2 Å². The minimum Gasteiger partial charge on any atom is -0.467 e. The van der Waals surface area contributed by atoms with E-state index in [1.165, 1.54) is 29.4 Å². The Morgan fingerprint density at radius 3 is 2.47 bits per heavy atom. The molecule has 5 nitrogen and oxygen atoms in total. The van der Waals surface area contributed by atoms with Gasteiger partial charge in [-0.2, -0.15) is 13.2 Å². The first-order valence-corrected chi connectivity index (χ1v) is 9.08. The van der Waals surface area contributed by atoms with Gasteiger partial charge in [-0.15, -0.1) is 0 Å². The lowest BCUT2D eigenvalue weighted by Crippen LogP contribution is -2.37. The fourth-order valence-electron chi connectivity index (χ4n) is 2.95. The Morgan fingerprint density at radius 2 is 1.80 bits per heavy atom. The third-order valence-electron chi connectivity index (χ3n) is 4.32. The van der Waals surface area contributed by atoms with E-state index >= 15 is 0 Å². The van der Waals surface area contributed by atoms with Crippen molar-refractivity contribution >= 4 is 17.5 Å². The van der Waals surface area contributed by atoms with Crippen molar-refractivity contribution in [2.75, 3.05) is 11.9 Å². The second-order valence-corrected chi connectivity index (χ2v) is 6.70. The summed E-state index contributed by atoms with van der Waals surface area (Å²) in [6.45, 7) is 1.38. The van der Waals surface area contributed by atoms with Crippen LogP contribution in [0, 0.1) is 6.92 Å². The van der Waals surface area contributed by atoms with E-state index in [0.29, 0.717) is 11.3 Å². The van der Waals surface area contributed by atoms with E-state index in [9.17, 15) is 22.8 Å². The number of hydrogen-bond acceptors (Lipinski definition) is 3. The fraction of sp³-hybridized carbons (Fsp3) is 0.182. The molecule has 1 heterocycles. The Kier molecular flexibility index (Phi) is 6.25. The lowest BCUT2D eigenvalue weighted by Gasteiger charge is -2.22. The molecule has 0 atom stereocenters. The van der Waals surface area contributed by atoms with Gasteiger partial charge in [0.05, 0.1) is 24.1 Å². The number of hydrogen-bond donors (Lipinski definition) is 1. The summed E-state index contributed by atoms with van der Waals surface area (Å²) in [5, 5.41) is 2.26. The monoisotopic (exact) mass is 416 g/mol. The van der Waals surface area contributed by atoms with Gasteiger partial charge in [-0.25, -0.2) is 0 Å². The number of furan rings is 1. The molecule has 0 radical (unpaired) electrons. The van der Waals surface area contributed by atoms with Crippen LogP contribution in [0.15, 0.2) is 71.3 Å². The molecule has 0 spiro atoms. The molecule has 3 rings (SSSR count). The average Bonchev–Trinajstić information content (AvgIpc) is 3.19. The first-order chi connectivity index (χ1) is 14.2. The van der Waals surface area contributed by atoms with Crippen LogP contribution in [-0.2, 0) is 17.5 Å². The number of nitrogens with zero attached hydrogens (tertiary/aromatic N) is 1. The maximum Gasteiger partial charge on any atom is 0.418 e. The molecule has 0 saturated heterocycles. The molecule has 2 aromatic carbocycles. The van der Waals surface area contributed by atoms with Crippen LogP contribution in [0.2, 0.25) is 0 Å². The molecule has 8 heteroatoms. The van der Waals surface area contributed by atoms with Crippen LogP contribution in [0.4, 0.5) is 18.9 Å². The van der Waals surface area contributed by atoms with Crippen molar-refractivity contribution in [1.82, 2.24) is 4.90 Å². The standard InChI is InChI=1S/C22H19F3N2O3/c1-15-6-4-7-16(12-15)21(29)27(13-17-8-5-11-30-17)14-20(28)26-19-10-3-2-9-18(19)22(23,24)25/h2-12H,13-14H2,1H3,(H,26,28). The van der Waals surface area contributed by atoms with Crippen LogP contribution in [-0.4, -0.2) is 23.3 Å². The molecular weight excluding hydrogens is 397 g/mol. The van der Waals surface area contributed by atoms with Crippen LogP contribution >= 0.6 is 0 Å². The Morgan fingerprint density at radius 1 is 1.03 bits per heavy atom. The number of benzene rings is 2. The van der Waals surface area contributed by atoms with Crippen molar-refractivity contribution in [2.45, 2.75) is 19.6 Å². The zero-order valence-corrected chi connectivity index (χ0v) is 16.1. The number of nitrogens with one attached hydrogen (secondary N) is 1. The van der Waals surface area contributed by atoms with Gasteiger partial charge in [-0.3, -0.25) is 9.59 Å². The fourth-order valence-corrected chi connectivity index (χ4v) is 2.95. The molecule has 0 fully saturated rings. The van der Waals surface area contributed by atoms with Crippen LogP contribution in [0.25, 0.3) is 0 Å². The number of aryl methyl sites for hydroxylation is 1. The molecular formula is C22H19F3N2O3. The van der Waals surface area contributed by atoms with Crippen molar-refractivity contribution in [1.29, 1.82) is 0 Å². The van der Waals surface area contributed by atoms with Crippen LogP contribution < -0.4 is 5.32 Å². The summed E-state index contributed by atoms with van der Waals surface area (Å²) in [6, 6.07) is 14.8. The lowest BCUT2D eigenvalue weighted by atomic mass is 10.1. The highest BCUT2D eigenvalue weighted by atomic mass is 19.4. The van der Waals surface area contributed by atoms with E-state index in [1.54, 1.807) is 30.3 Å². The van der Waals surface area contributed by atoms with Gasteiger partial charge in [0.25, 0.3) is 5.91 Å². The zero-order valence-electron chi connectivity index (χ0n) is 16.1. The Bertz CT molecular complexity index is 1030. The highest BCUT2D eigenvalue weighted by molar-refractivity contribution is 5.99. The molecule has 3 aromatic rings. The van der Waals surface area contributed by atoms with Gasteiger partial charge in [0.1, 0.15) is 12.3 Å². The summed E-state index contributed by atoms with van der Waals surface area (Å²) in [4.78, 5) is 26.7. The number of rotatable bonds is 6. The predicted molar refractivity (Wildman–Crippen MR) is 105 cm³/mol. The lowest BCUT2D eigenvalue weighted by molar-refractivity contribution is -0.137. The molecule has 0 bridgehead atoms. The van der Waals surface area contributed by atoms with Crippen molar-refractivity contribution in [3.05, 3.63) is 89.4 Å². The van der Waals surface area contributed by atoms with Gasteiger partial charge in [0.15, 0.2) is 0 Å².